The van der Waals surface area contributed by atoms with Crippen molar-refractivity contribution in [1.29, 1.82) is 0 Å². The van der Waals surface area contributed by atoms with Crippen LogP contribution in [0.25, 0.3) is 0 Å². The van der Waals surface area contributed by atoms with Crippen LogP contribution in [-0.2, 0) is 42.7 Å². The van der Waals surface area contributed by atoms with E-state index in [-0.39, 0.29) is 6.61 Å². The Morgan fingerprint density at radius 2 is 1.54 bits per heavy atom. The highest BCUT2D eigenvalue weighted by atomic mass is 16.7. The molecule has 0 aromatic rings. The third-order valence-corrected chi connectivity index (χ3v) is 3.73. The molecule has 140 valence electrons. The summed E-state index contributed by atoms with van der Waals surface area (Å²) in [4.78, 5) is 22.4. The van der Waals surface area contributed by atoms with Gasteiger partial charge in [0, 0.05) is 42.3 Å². The summed E-state index contributed by atoms with van der Waals surface area (Å²) in [5.41, 5.74) is 0. The molecule has 1 saturated heterocycles. The molecule has 1 fully saturated rings. The maximum absolute atomic E-state index is 11.4. The van der Waals surface area contributed by atoms with E-state index in [9.17, 15) is 9.59 Å². The molecule has 9 heteroatoms. The minimum absolute atomic E-state index is 0.0263. The molecule has 0 aromatic heterocycles. The van der Waals surface area contributed by atoms with E-state index < -0.39 is 48.7 Å². The van der Waals surface area contributed by atoms with Crippen LogP contribution < -0.4 is 0 Å². The average molecular weight is 350 g/mol. The lowest BCUT2D eigenvalue weighted by Crippen LogP contribution is -2.64. The van der Waals surface area contributed by atoms with E-state index in [1.54, 1.807) is 0 Å². The summed E-state index contributed by atoms with van der Waals surface area (Å²) in [5, 5.41) is 0. The number of hydrogen-bond acceptors (Lipinski definition) is 9. The molecule has 0 aliphatic carbocycles. The molecule has 1 rings (SSSR count). The summed E-state index contributed by atoms with van der Waals surface area (Å²) in [6.07, 6.45) is -4.27. The molecular formula is C15H26O9. The molecule has 24 heavy (non-hydrogen) atoms. The van der Waals surface area contributed by atoms with Crippen molar-refractivity contribution >= 4 is 11.9 Å². The fraction of sp³-hybridized carbons (Fsp3) is 0.867. The Morgan fingerprint density at radius 1 is 0.917 bits per heavy atom. The van der Waals surface area contributed by atoms with Crippen molar-refractivity contribution in [2.45, 2.75) is 50.7 Å². The van der Waals surface area contributed by atoms with Gasteiger partial charge in [0.25, 0.3) is 0 Å². The lowest BCUT2D eigenvalue weighted by atomic mass is 9.94. The molecule has 0 spiro atoms. The Hall–Kier alpha value is -1.26. The molecule has 0 radical (unpaired) electrons. The quantitative estimate of drug-likeness (QED) is 0.556. The molecule has 1 unspecified atom stereocenters. The van der Waals surface area contributed by atoms with Crippen molar-refractivity contribution in [2.75, 3.05) is 35.0 Å². The van der Waals surface area contributed by atoms with Gasteiger partial charge in [0.2, 0.25) is 0 Å². The van der Waals surface area contributed by atoms with Gasteiger partial charge >= 0.3 is 11.9 Å². The molecule has 1 heterocycles. The number of esters is 2. The van der Waals surface area contributed by atoms with Crippen molar-refractivity contribution in [3.05, 3.63) is 0 Å². The molecule has 0 aromatic carbocycles. The number of hydrogen-bond donors (Lipinski definition) is 0. The zero-order valence-electron chi connectivity index (χ0n) is 14.8. The zero-order chi connectivity index (χ0) is 18.3. The predicted molar refractivity (Wildman–Crippen MR) is 80.2 cm³/mol. The Balaban J connectivity index is 3.03. The fourth-order valence-electron chi connectivity index (χ4n) is 2.67. The van der Waals surface area contributed by atoms with E-state index in [0.29, 0.717) is 0 Å². The number of carbonyl (C=O) groups is 2. The Bertz CT molecular complexity index is 412. The number of rotatable bonds is 8. The monoisotopic (exact) mass is 350 g/mol. The van der Waals surface area contributed by atoms with Gasteiger partial charge in [0.1, 0.15) is 31.0 Å². The van der Waals surface area contributed by atoms with Crippen LogP contribution in [0, 0.1) is 0 Å². The van der Waals surface area contributed by atoms with E-state index in [0.717, 1.165) is 0 Å². The lowest BCUT2D eigenvalue weighted by molar-refractivity contribution is -0.316. The van der Waals surface area contributed by atoms with Crippen LogP contribution in [0.15, 0.2) is 0 Å². The Labute approximate surface area is 141 Å². The molecule has 0 bridgehead atoms. The first-order valence-electron chi connectivity index (χ1n) is 7.46. The lowest BCUT2D eigenvalue weighted by Gasteiger charge is -2.45. The van der Waals surface area contributed by atoms with Gasteiger partial charge in [-0.25, -0.2) is 0 Å². The number of carbonyl (C=O) groups excluding carboxylic acids is 2. The van der Waals surface area contributed by atoms with Gasteiger partial charge in [-0.3, -0.25) is 9.59 Å². The Morgan fingerprint density at radius 3 is 1.96 bits per heavy atom. The summed E-state index contributed by atoms with van der Waals surface area (Å²) in [7, 11) is 5.83. The fourth-order valence-corrected chi connectivity index (χ4v) is 2.67. The standard InChI is InChI=1S/C15H26O9/c1-8(16)22-7-10(18-3)11-12(19-4)13(20-5)14(23-9(2)17)15(21-6)24-11/h10-15H,7H2,1-6H3/t10-,11-,12-,13+,14-,15?/m1/s1. The van der Waals surface area contributed by atoms with Gasteiger partial charge < -0.3 is 33.2 Å². The highest BCUT2D eigenvalue weighted by molar-refractivity contribution is 5.66. The SMILES string of the molecule is COC1O[C@H]([C@@H](COC(C)=O)OC)[C@@H](OC)[C@H](OC)[C@H]1OC(C)=O. The third-order valence-electron chi connectivity index (χ3n) is 3.73. The van der Waals surface area contributed by atoms with Crippen LogP contribution in [0.4, 0.5) is 0 Å². The normalized spacial score (nSPS) is 31.3. The zero-order valence-corrected chi connectivity index (χ0v) is 14.8. The van der Waals surface area contributed by atoms with Crippen molar-refractivity contribution < 1.29 is 42.7 Å². The van der Waals surface area contributed by atoms with E-state index in [2.05, 4.69) is 0 Å². The predicted octanol–water partition coefficient (Wildman–Crippen LogP) is -0.102. The molecular weight excluding hydrogens is 324 g/mol. The smallest absolute Gasteiger partial charge is 0.303 e. The summed E-state index contributed by atoms with van der Waals surface area (Å²) in [6.45, 7) is 2.56. The van der Waals surface area contributed by atoms with Crippen molar-refractivity contribution in [2.24, 2.45) is 0 Å². The van der Waals surface area contributed by atoms with Crippen LogP contribution in [0.1, 0.15) is 13.8 Å². The minimum Gasteiger partial charge on any atom is -0.463 e. The summed E-state index contributed by atoms with van der Waals surface area (Å²) in [5.74, 6) is -0.935. The molecule has 9 nitrogen and oxygen atoms in total. The topological polar surface area (TPSA) is 98.8 Å². The van der Waals surface area contributed by atoms with Crippen molar-refractivity contribution in [3.8, 4) is 0 Å². The van der Waals surface area contributed by atoms with Crippen molar-refractivity contribution in [1.82, 2.24) is 0 Å². The third kappa shape index (κ3) is 5.12. The molecule has 1 aliphatic rings. The van der Waals surface area contributed by atoms with E-state index in [1.165, 1.54) is 42.3 Å². The first-order chi connectivity index (χ1) is 11.4. The number of methoxy groups -OCH3 is 4. The van der Waals surface area contributed by atoms with E-state index in [1.807, 2.05) is 0 Å². The first-order valence-corrected chi connectivity index (χ1v) is 7.46. The van der Waals surface area contributed by atoms with Crippen LogP contribution in [-0.4, -0.2) is 83.8 Å². The van der Waals surface area contributed by atoms with Crippen LogP contribution in [0.5, 0.6) is 0 Å². The molecule has 1 aliphatic heterocycles. The molecule has 0 N–H and O–H groups in total. The van der Waals surface area contributed by atoms with Crippen LogP contribution in [0.2, 0.25) is 0 Å². The van der Waals surface area contributed by atoms with Gasteiger partial charge in [-0.05, 0) is 0 Å². The highest BCUT2D eigenvalue weighted by Crippen LogP contribution is 2.30. The summed E-state index contributed by atoms with van der Waals surface area (Å²) in [6, 6.07) is 0. The van der Waals surface area contributed by atoms with Gasteiger partial charge in [0.05, 0.1) is 0 Å². The second-order valence-electron chi connectivity index (χ2n) is 5.26. The van der Waals surface area contributed by atoms with E-state index in [4.69, 9.17) is 33.2 Å². The molecule has 6 atom stereocenters. The summed E-state index contributed by atoms with van der Waals surface area (Å²) < 4.78 is 37.7. The maximum Gasteiger partial charge on any atom is 0.303 e. The van der Waals surface area contributed by atoms with Gasteiger partial charge in [0.15, 0.2) is 12.4 Å². The number of ether oxygens (including phenoxy) is 7. The van der Waals surface area contributed by atoms with E-state index >= 15 is 0 Å². The van der Waals surface area contributed by atoms with Crippen LogP contribution in [0.3, 0.4) is 0 Å². The largest absolute Gasteiger partial charge is 0.463 e. The minimum atomic E-state index is -0.884. The summed E-state index contributed by atoms with van der Waals surface area (Å²) >= 11 is 0. The van der Waals surface area contributed by atoms with Crippen LogP contribution >= 0.6 is 0 Å². The molecule has 0 amide bonds. The highest BCUT2D eigenvalue weighted by Gasteiger charge is 2.51. The second kappa shape index (κ2) is 9.90. The average Bonchev–Trinajstić information content (AvgIpc) is 2.54. The van der Waals surface area contributed by atoms with Gasteiger partial charge in [-0.2, -0.15) is 0 Å². The Kier molecular flexibility index (Phi) is 8.57. The van der Waals surface area contributed by atoms with Crippen molar-refractivity contribution in [3.63, 3.8) is 0 Å². The van der Waals surface area contributed by atoms with Gasteiger partial charge in [-0.15, -0.1) is 0 Å². The molecule has 0 saturated carbocycles. The maximum atomic E-state index is 11.4. The first kappa shape index (κ1) is 20.8. The van der Waals surface area contributed by atoms with Gasteiger partial charge in [-0.1, -0.05) is 0 Å². The second-order valence-corrected chi connectivity index (χ2v) is 5.26.